The molecular formula is C6H9N3. The van der Waals surface area contributed by atoms with Crippen LogP contribution in [0.1, 0.15) is 6.92 Å². The van der Waals surface area contributed by atoms with Crippen LogP contribution in [0.4, 0.5) is 0 Å². The summed E-state index contributed by atoms with van der Waals surface area (Å²) in [4.78, 5) is 0. The van der Waals surface area contributed by atoms with Gasteiger partial charge in [0.05, 0.1) is 5.71 Å². The molecule has 0 heterocycles. The van der Waals surface area contributed by atoms with Gasteiger partial charge in [-0.1, -0.05) is 0 Å². The minimum absolute atomic E-state index is 0.199. The van der Waals surface area contributed by atoms with Crippen molar-refractivity contribution in [2.24, 2.45) is 5.73 Å². The molecule has 0 bridgehead atoms. The Hall–Kier alpha value is -1.34. The van der Waals surface area contributed by atoms with Crippen molar-refractivity contribution in [3.05, 3.63) is 17.8 Å². The van der Waals surface area contributed by atoms with Crippen LogP contribution in [-0.2, 0) is 0 Å². The smallest absolute Gasteiger partial charge is 0.0649 e. The van der Waals surface area contributed by atoms with Gasteiger partial charge in [-0.15, -0.1) is 0 Å². The maximum absolute atomic E-state index is 7.02. The normalized spacial score (nSPS) is 10.1. The zero-order valence-electron chi connectivity index (χ0n) is 5.23. The molecule has 9 heavy (non-hydrogen) atoms. The summed E-state index contributed by atoms with van der Waals surface area (Å²) in [5.74, 6) is 1.97. The van der Waals surface area contributed by atoms with Gasteiger partial charge in [0.1, 0.15) is 0 Å². The molecule has 0 aromatic carbocycles. The Morgan fingerprint density at radius 3 is 2.56 bits per heavy atom. The SMILES string of the molecule is CC(N)=CC(=N)C=C=N. The van der Waals surface area contributed by atoms with Crippen molar-refractivity contribution < 1.29 is 0 Å². The molecule has 0 radical (unpaired) electrons. The van der Waals surface area contributed by atoms with Crippen molar-refractivity contribution in [1.29, 1.82) is 10.8 Å². The molecule has 0 spiro atoms. The molecule has 3 heteroatoms. The van der Waals surface area contributed by atoms with Crippen LogP contribution in [0.25, 0.3) is 0 Å². The Labute approximate surface area is 53.9 Å². The number of nitrogens with one attached hydrogen (secondary N) is 2. The molecule has 48 valence electrons. The molecule has 3 nitrogen and oxygen atoms in total. The van der Waals surface area contributed by atoms with Crippen LogP contribution in [-0.4, -0.2) is 11.6 Å². The van der Waals surface area contributed by atoms with Gasteiger partial charge in [-0.25, -0.2) is 0 Å². The van der Waals surface area contributed by atoms with E-state index < -0.39 is 0 Å². The van der Waals surface area contributed by atoms with E-state index in [1.807, 2.05) is 5.87 Å². The molecule has 0 rings (SSSR count). The molecule has 0 aromatic rings. The summed E-state index contributed by atoms with van der Waals surface area (Å²) in [7, 11) is 0. The molecule has 0 atom stereocenters. The number of nitrogens with two attached hydrogens (primary N) is 1. The van der Waals surface area contributed by atoms with Gasteiger partial charge in [-0.05, 0) is 18.9 Å². The molecule has 0 aliphatic heterocycles. The van der Waals surface area contributed by atoms with Crippen LogP contribution in [0.5, 0.6) is 0 Å². The fourth-order valence-corrected chi connectivity index (χ4v) is 0.365. The first-order valence-corrected chi connectivity index (χ1v) is 2.44. The van der Waals surface area contributed by atoms with E-state index in [0.717, 1.165) is 0 Å². The van der Waals surface area contributed by atoms with E-state index in [1.54, 1.807) is 6.92 Å². The first kappa shape index (κ1) is 7.66. The molecule has 0 unspecified atom stereocenters. The Balaban J connectivity index is 4.08. The second kappa shape index (κ2) is 3.64. The third-order valence-electron chi connectivity index (χ3n) is 0.611. The topological polar surface area (TPSA) is 73.7 Å². The third kappa shape index (κ3) is 4.51. The lowest BCUT2D eigenvalue weighted by Crippen LogP contribution is -1.94. The van der Waals surface area contributed by atoms with Crippen molar-refractivity contribution in [3.63, 3.8) is 0 Å². The van der Waals surface area contributed by atoms with E-state index in [-0.39, 0.29) is 5.71 Å². The van der Waals surface area contributed by atoms with Gasteiger partial charge in [-0.3, -0.25) is 5.41 Å². The molecule has 0 aromatic heterocycles. The van der Waals surface area contributed by atoms with Crippen molar-refractivity contribution >= 4 is 11.6 Å². The highest BCUT2D eigenvalue weighted by atomic mass is 14.6. The molecule has 0 saturated heterocycles. The third-order valence-corrected chi connectivity index (χ3v) is 0.611. The molecule has 0 amide bonds. The highest BCUT2D eigenvalue weighted by Crippen LogP contribution is 1.81. The summed E-state index contributed by atoms with van der Waals surface area (Å²) in [5.41, 5.74) is 6.00. The van der Waals surface area contributed by atoms with Crippen LogP contribution in [0.3, 0.4) is 0 Å². The van der Waals surface area contributed by atoms with Crippen LogP contribution in [0.15, 0.2) is 17.8 Å². The largest absolute Gasteiger partial charge is 0.402 e. The number of hydrogen-bond donors (Lipinski definition) is 3. The lowest BCUT2D eigenvalue weighted by Gasteiger charge is -1.86. The molecule has 0 aliphatic rings. The molecule has 0 fully saturated rings. The standard InChI is InChI=1S/C6H9N3/c1-5(8)4-6(9)2-3-7/h2,4,7,9H,8H2,1H3. The minimum atomic E-state index is 0.199. The van der Waals surface area contributed by atoms with E-state index in [0.29, 0.717) is 5.70 Å². The predicted octanol–water partition coefficient (Wildman–Crippen LogP) is 0.673. The average Bonchev–Trinajstić information content (AvgIpc) is 1.63. The highest BCUT2D eigenvalue weighted by molar-refractivity contribution is 6.06. The van der Waals surface area contributed by atoms with E-state index in [2.05, 4.69) is 0 Å². The van der Waals surface area contributed by atoms with Gasteiger partial charge in [-0.2, -0.15) is 0 Å². The Morgan fingerprint density at radius 1 is 1.67 bits per heavy atom. The fraction of sp³-hybridized carbons (Fsp3) is 0.167. The van der Waals surface area contributed by atoms with E-state index >= 15 is 0 Å². The number of hydrogen-bond acceptors (Lipinski definition) is 3. The second-order valence-electron chi connectivity index (χ2n) is 1.63. The van der Waals surface area contributed by atoms with Crippen LogP contribution >= 0.6 is 0 Å². The lowest BCUT2D eigenvalue weighted by molar-refractivity contribution is 1.32. The average molecular weight is 123 g/mol. The molecule has 0 saturated carbocycles. The molecular weight excluding hydrogens is 114 g/mol. The maximum atomic E-state index is 7.02. The summed E-state index contributed by atoms with van der Waals surface area (Å²) < 4.78 is 0. The van der Waals surface area contributed by atoms with Crippen molar-refractivity contribution in [1.82, 2.24) is 0 Å². The molecule has 0 aliphatic carbocycles. The predicted molar refractivity (Wildman–Crippen MR) is 38.0 cm³/mol. The summed E-state index contributed by atoms with van der Waals surface area (Å²) in [6.07, 6.45) is 2.69. The number of rotatable bonds is 2. The Bertz CT molecular complexity index is 180. The van der Waals surface area contributed by atoms with Crippen molar-refractivity contribution in [3.8, 4) is 0 Å². The van der Waals surface area contributed by atoms with Gasteiger partial charge in [0, 0.05) is 11.8 Å². The Morgan fingerprint density at radius 2 is 2.22 bits per heavy atom. The Kier molecular flexibility index (Phi) is 3.09. The van der Waals surface area contributed by atoms with E-state index in [1.165, 1.54) is 12.2 Å². The highest BCUT2D eigenvalue weighted by Gasteiger charge is 1.81. The van der Waals surface area contributed by atoms with Crippen molar-refractivity contribution in [2.75, 3.05) is 0 Å². The first-order valence-electron chi connectivity index (χ1n) is 2.44. The summed E-state index contributed by atoms with van der Waals surface area (Å²) in [6.45, 7) is 1.69. The van der Waals surface area contributed by atoms with Gasteiger partial charge >= 0.3 is 0 Å². The van der Waals surface area contributed by atoms with Crippen molar-refractivity contribution in [2.45, 2.75) is 6.92 Å². The van der Waals surface area contributed by atoms with E-state index in [4.69, 9.17) is 16.6 Å². The summed E-state index contributed by atoms with van der Waals surface area (Å²) >= 11 is 0. The quantitative estimate of drug-likeness (QED) is 0.464. The van der Waals surface area contributed by atoms with Crippen LogP contribution < -0.4 is 5.73 Å². The van der Waals surface area contributed by atoms with E-state index in [9.17, 15) is 0 Å². The van der Waals surface area contributed by atoms with Gasteiger partial charge in [0.2, 0.25) is 0 Å². The monoisotopic (exact) mass is 123 g/mol. The second-order valence-corrected chi connectivity index (χ2v) is 1.63. The zero-order valence-corrected chi connectivity index (χ0v) is 5.23. The van der Waals surface area contributed by atoms with Gasteiger partial charge in [0.25, 0.3) is 0 Å². The number of allylic oxidation sites excluding steroid dienone is 3. The summed E-state index contributed by atoms with van der Waals surface area (Å²) in [5, 5.41) is 13.5. The summed E-state index contributed by atoms with van der Waals surface area (Å²) in [6, 6.07) is 0. The van der Waals surface area contributed by atoms with Crippen LogP contribution in [0, 0.1) is 10.8 Å². The minimum Gasteiger partial charge on any atom is -0.402 e. The maximum Gasteiger partial charge on any atom is 0.0649 e. The fourth-order valence-electron chi connectivity index (χ4n) is 0.365. The van der Waals surface area contributed by atoms with Crippen LogP contribution in [0.2, 0.25) is 0 Å². The lowest BCUT2D eigenvalue weighted by atomic mass is 10.3. The van der Waals surface area contributed by atoms with Gasteiger partial charge < -0.3 is 11.1 Å². The van der Waals surface area contributed by atoms with Gasteiger partial charge in [0.15, 0.2) is 0 Å². The zero-order chi connectivity index (χ0) is 7.28. The molecule has 4 N–H and O–H groups in total. The first-order chi connectivity index (χ1) is 4.16.